The van der Waals surface area contributed by atoms with Gasteiger partial charge in [0.15, 0.2) is 5.11 Å². The molecule has 0 aromatic heterocycles. The molecule has 2 rings (SSSR count). The molecule has 0 saturated carbocycles. The van der Waals surface area contributed by atoms with Crippen LogP contribution in [-0.2, 0) is 4.79 Å². The summed E-state index contributed by atoms with van der Waals surface area (Å²) in [6.45, 7) is 0. The van der Waals surface area contributed by atoms with Crippen LogP contribution >= 0.6 is 23.8 Å². The Bertz CT molecular complexity index is 869. The molecule has 0 atom stereocenters. The predicted octanol–water partition coefficient (Wildman–Crippen LogP) is 3.78. The number of methoxy groups -OCH3 is 1. The van der Waals surface area contributed by atoms with E-state index < -0.39 is 10.8 Å². The van der Waals surface area contributed by atoms with Crippen LogP contribution in [0.5, 0.6) is 5.75 Å². The van der Waals surface area contributed by atoms with Crippen molar-refractivity contribution in [2.45, 2.75) is 0 Å². The number of nitro benzene ring substituents is 1. The van der Waals surface area contributed by atoms with E-state index in [4.69, 9.17) is 28.6 Å². The number of nitrogens with one attached hydrogen (secondary N) is 2. The van der Waals surface area contributed by atoms with E-state index in [1.165, 1.54) is 24.3 Å². The number of nitro groups is 1. The molecular formula is C17H14ClN3O4S. The lowest BCUT2D eigenvalue weighted by Crippen LogP contribution is -2.33. The number of hydrogen-bond acceptors (Lipinski definition) is 5. The molecule has 0 aliphatic carbocycles. The molecule has 0 fully saturated rings. The molecule has 2 aromatic rings. The first-order valence-corrected chi connectivity index (χ1v) is 8.05. The lowest BCUT2D eigenvalue weighted by molar-refractivity contribution is -0.383. The van der Waals surface area contributed by atoms with Crippen LogP contribution in [0.15, 0.2) is 48.5 Å². The van der Waals surface area contributed by atoms with Gasteiger partial charge < -0.3 is 10.1 Å². The van der Waals surface area contributed by atoms with Gasteiger partial charge in [0.2, 0.25) is 5.91 Å². The smallest absolute Gasteiger partial charge is 0.294 e. The van der Waals surface area contributed by atoms with E-state index in [0.717, 1.165) is 5.56 Å². The molecule has 7 nitrogen and oxygen atoms in total. The molecule has 0 aliphatic rings. The average molecular weight is 392 g/mol. The van der Waals surface area contributed by atoms with Crippen molar-refractivity contribution in [3.63, 3.8) is 0 Å². The number of thiocarbonyl (C=S) groups is 1. The molecule has 26 heavy (non-hydrogen) atoms. The van der Waals surface area contributed by atoms with Crippen LogP contribution in [0.2, 0.25) is 5.02 Å². The number of rotatable bonds is 5. The van der Waals surface area contributed by atoms with E-state index in [2.05, 4.69) is 10.6 Å². The minimum atomic E-state index is -0.595. The number of carbonyl (C=O) groups is 1. The fourth-order valence-corrected chi connectivity index (χ4v) is 2.33. The van der Waals surface area contributed by atoms with E-state index in [9.17, 15) is 14.9 Å². The van der Waals surface area contributed by atoms with Gasteiger partial charge in [0, 0.05) is 17.2 Å². The summed E-state index contributed by atoms with van der Waals surface area (Å²) in [7, 11) is 1.57. The minimum Gasteiger partial charge on any atom is -0.497 e. The number of amides is 1. The van der Waals surface area contributed by atoms with Crippen LogP contribution in [-0.4, -0.2) is 23.1 Å². The van der Waals surface area contributed by atoms with Gasteiger partial charge in [0.25, 0.3) is 5.69 Å². The van der Waals surface area contributed by atoms with Gasteiger partial charge in [-0.1, -0.05) is 23.7 Å². The van der Waals surface area contributed by atoms with Gasteiger partial charge in [0.1, 0.15) is 11.4 Å². The summed E-state index contributed by atoms with van der Waals surface area (Å²) >= 11 is 10.8. The van der Waals surface area contributed by atoms with Gasteiger partial charge in [-0.05, 0) is 48.1 Å². The highest BCUT2D eigenvalue weighted by Crippen LogP contribution is 2.27. The maximum Gasteiger partial charge on any atom is 0.294 e. The first kappa shape index (κ1) is 19.4. The Morgan fingerprint density at radius 2 is 1.96 bits per heavy atom. The largest absolute Gasteiger partial charge is 0.497 e. The number of hydrogen-bond donors (Lipinski definition) is 2. The second-order valence-electron chi connectivity index (χ2n) is 4.97. The molecular weight excluding hydrogens is 378 g/mol. The van der Waals surface area contributed by atoms with Crippen LogP contribution in [0.3, 0.4) is 0 Å². The maximum atomic E-state index is 11.9. The first-order valence-electron chi connectivity index (χ1n) is 7.27. The number of carbonyl (C=O) groups excluding carboxylic acids is 1. The van der Waals surface area contributed by atoms with Gasteiger partial charge in [0.05, 0.1) is 12.0 Å². The molecule has 0 aliphatic heterocycles. The van der Waals surface area contributed by atoms with Crippen molar-refractivity contribution in [3.05, 3.63) is 69.2 Å². The predicted molar refractivity (Wildman–Crippen MR) is 104 cm³/mol. The Balaban J connectivity index is 1.98. The third-order valence-corrected chi connectivity index (χ3v) is 3.62. The third-order valence-electron chi connectivity index (χ3n) is 3.18. The Morgan fingerprint density at radius 3 is 2.58 bits per heavy atom. The number of anilines is 1. The van der Waals surface area contributed by atoms with Crippen LogP contribution in [0.4, 0.5) is 11.4 Å². The van der Waals surface area contributed by atoms with E-state index in [1.54, 1.807) is 37.5 Å². The Labute approximate surface area is 159 Å². The molecule has 2 aromatic carbocycles. The number of benzene rings is 2. The standard InChI is InChI=1S/C17H14ClN3O4S/c1-25-13-6-2-11(3-7-13)4-9-16(22)20-17(26)19-14-8-5-12(18)10-15(14)21(23)24/h2-10H,1H3,(H2,19,20,22,26)/b9-4+. The van der Waals surface area contributed by atoms with Gasteiger partial charge in [-0.25, -0.2) is 0 Å². The summed E-state index contributed by atoms with van der Waals surface area (Å²) in [6, 6.07) is 11.2. The summed E-state index contributed by atoms with van der Waals surface area (Å²) < 4.78 is 5.05. The summed E-state index contributed by atoms with van der Waals surface area (Å²) in [6.07, 6.45) is 2.90. The van der Waals surface area contributed by atoms with Crippen molar-refractivity contribution in [1.82, 2.24) is 5.32 Å². The fourth-order valence-electron chi connectivity index (χ4n) is 1.96. The highest BCUT2D eigenvalue weighted by molar-refractivity contribution is 7.80. The van der Waals surface area contributed by atoms with Gasteiger partial charge >= 0.3 is 0 Å². The van der Waals surface area contributed by atoms with Gasteiger partial charge in [-0.2, -0.15) is 0 Å². The number of ether oxygens (including phenoxy) is 1. The average Bonchev–Trinajstić information content (AvgIpc) is 2.61. The minimum absolute atomic E-state index is 0.0696. The summed E-state index contributed by atoms with van der Waals surface area (Å²) in [5.41, 5.74) is 0.680. The normalized spacial score (nSPS) is 10.4. The molecule has 0 heterocycles. The lowest BCUT2D eigenvalue weighted by Gasteiger charge is -2.08. The molecule has 0 spiro atoms. The lowest BCUT2D eigenvalue weighted by atomic mass is 10.2. The Kier molecular flexibility index (Phi) is 6.65. The van der Waals surface area contributed by atoms with Crippen molar-refractivity contribution in [3.8, 4) is 5.75 Å². The molecule has 1 amide bonds. The van der Waals surface area contributed by atoms with E-state index >= 15 is 0 Å². The van der Waals surface area contributed by atoms with Crippen molar-refractivity contribution in [2.75, 3.05) is 12.4 Å². The molecule has 0 radical (unpaired) electrons. The van der Waals surface area contributed by atoms with E-state index in [1.807, 2.05) is 0 Å². The zero-order chi connectivity index (χ0) is 19.1. The quantitative estimate of drug-likeness (QED) is 0.348. The summed E-state index contributed by atoms with van der Waals surface area (Å²) in [5.74, 6) is 0.233. The highest BCUT2D eigenvalue weighted by Gasteiger charge is 2.15. The van der Waals surface area contributed by atoms with Crippen LogP contribution < -0.4 is 15.4 Å². The van der Waals surface area contributed by atoms with Crippen LogP contribution in [0.1, 0.15) is 5.56 Å². The van der Waals surface area contributed by atoms with Crippen molar-refractivity contribution in [2.24, 2.45) is 0 Å². The second kappa shape index (κ2) is 8.93. The third kappa shape index (κ3) is 5.54. The molecule has 0 saturated heterocycles. The topological polar surface area (TPSA) is 93.5 Å². The zero-order valence-corrected chi connectivity index (χ0v) is 15.1. The van der Waals surface area contributed by atoms with Gasteiger partial charge in [-0.3, -0.25) is 20.2 Å². The Hall–Kier alpha value is -2.97. The Morgan fingerprint density at radius 1 is 1.27 bits per heavy atom. The van der Waals surface area contributed by atoms with Gasteiger partial charge in [-0.15, -0.1) is 0 Å². The SMILES string of the molecule is COc1ccc(/C=C/C(=O)NC(=S)Nc2ccc(Cl)cc2[N+](=O)[O-])cc1. The van der Waals surface area contributed by atoms with Crippen LogP contribution in [0.25, 0.3) is 6.08 Å². The molecule has 0 bridgehead atoms. The van der Waals surface area contributed by atoms with Crippen molar-refractivity contribution < 1.29 is 14.5 Å². The number of nitrogens with zero attached hydrogens (tertiary/aromatic N) is 1. The van der Waals surface area contributed by atoms with E-state index in [0.29, 0.717) is 5.75 Å². The van der Waals surface area contributed by atoms with Crippen LogP contribution in [0, 0.1) is 10.1 Å². The number of halogens is 1. The van der Waals surface area contributed by atoms with Crippen molar-refractivity contribution >= 4 is 52.3 Å². The first-order chi connectivity index (χ1) is 12.4. The van der Waals surface area contributed by atoms with Crippen molar-refractivity contribution in [1.29, 1.82) is 0 Å². The second-order valence-corrected chi connectivity index (χ2v) is 5.81. The fraction of sp³-hybridized carbons (Fsp3) is 0.0588. The molecule has 134 valence electrons. The maximum absolute atomic E-state index is 11.9. The summed E-state index contributed by atoms with van der Waals surface area (Å²) in [5, 5.41) is 16.2. The molecule has 2 N–H and O–H groups in total. The zero-order valence-electron chi connectivity index (χ0n) is 13.6. The van der Waals surface area contributed by atoms with E-state index in [-0.39, 0.29) is 21.5 Å². The highest BCUT2D eigenvalue weighted by atomic mass is 35.5. The molecule has 0 unspecified atom stereocenters. The summed E-state index contributed by atoms with van der Waals surface area (Å²) in [4.78, 5) is 22.4. The molecule has 9 heteroatoms. The monoisotopic (exact) mass is 391 g/mol.